The van der Waals surface area contributed by atoms with E-state index in [4.69, 9.17) is 10.8 Å². The van der Waals surface area contributed by atoms with Crippen molar-refractivity contribution in [3.63, 3.8) is 0 Å². The van der Waals surface area contributed by atoms with E-state index in [9.17, 15) is 9.59 Å². The van der Waals surface area contributed by atoms with Crippen LogP contribution in [0.2, 0.25) is 0 Å². The van der Waals surface area contributed by atoms with Crippen LogP contribution in [0.15, 0.2) is 72.9 Å². The highest BCUT2D eigenvalue weighted by Gasteiger charge is 2.26. The van der Waals surface area contributed by atoms with Gasteiger partial charge in [0, 0.05) is 36.5 Å². The van der Waals surface area contributed by atoms with E-state index >= 15 is 0 Å². The molecule has 4 N–H and O–H groups in total. The Labute approximate surface area is 247 Å². The summed E-state index contributed by atoms with van der Waals surface area (Å²) in [7, 11) is 0. The van der Waals surface area contributed by atoms with Gasteiger partial charge < -0.3 is 16.0 Å². The second kappa shape index (κ2) is 12.1. The number of benzene rings is 2. The number of urea groups is 1. The van der Waals surface area contributed by atoms with Gasteiger partial charge in [0.15, 0.2) is 0 Å². The van der Waals surface area contributed by atoms with Gasteiger partial charge in [-0.25, -0.2) is 14.5 Å². The maximum atomic E-state index is 13.3. The fourth-order valence-corrected chi connectivity index (χ4v) is 5.23. The van der Waals surface area contributed by atoms with Crippen molar-refractivity contribution in [2.75, 3.05) is 29.5 Å². The first kappa shape index (κ1) is 28.9. The number of nitrogens with one attached hydrogen (secondary N) is 2. The van der Waals surface area contributed by atoms with Crippen molar-refractivity contribution >= 4 is 29.3 Å². The summed E-state index contributed by atoms with van der Waals surface area (Å²) >= 11 is 0. The van der Waals surface area contributed by atoms with Crippen LogP contribution in [0, 0.1) is 12.8 Å². The number of nitrogens with two attached hydrogens (primary N) is 1. The number of amides is 3. The number of pyridine rings is 1. The lowest BCUT2D eigenvalue weighted by Gasteiger charge is -2.32. The van der Waals surface area contributed by atoms with Crippen molar-refractivity contribution in [1.29, 1.82) is 0 Å². The van der Waals surface area contributed by atoms with Crippen LogP contribution in [-0.4, -0.2) is 44.7 Å². The number of para-hydroxylation sites is 1. The number of hydrogen-bond acceptors (Lipinski definition) is 5. The van der Waals surface area contributed by atoms with E-state index < -0.39 is 0 Å². The Hall–Kier alpha value is -4.66. The predicted molar refractivity (Wildman–Crippen MR) is 167 cm³/mol. The Balaban J connectivity index is 1.25. The molecule has 5 rings (SSSR count). The SMILES string of the molecule is Cc1ccc(-n2nc(C(C)(C)C)cc2NC(=O)Nc2ccccc2CC2CCN(C(=O)c3cccnc3N)CC2)cc1. The minimum absolute atomic E-state index is 0.0720. The molecule has 1 saturated heterocycles. The van der Waals surface area contributed by atoms with E-state index in [0.717, 1.165) is 47.5 Å². The first-order valence-corrected chi connectivity index (χ1v) is 14.4. The monoisotopic (exact) mass is 565 g/mol. The molecule has 0 unspecified atom stereocenters. The van der Waals surface area contributed by atoms with Gasteiger partial charge in [-0.3, -0.25) is 10.1 Å². The number of carbonyl (C=O) groups is 2. The lowest BCUT2D eigenvalue weighted by molar-refractivity contribution is 0.0691. The number of carbonyl (C=O) groups excluding carboxylic acids is 2. The Morgan fingerprint density at radius 1 is 0.976 bits per heavy atom. The van der Waals surface area contributed by atoms with Gasteiger partial charge in [-0.2, -0.15) is 5.10 Å². The summed E-state index contributed by atoms with van der Waals surface area (Å²) in [5, 5.41) is 10.9. The molecule has 0 aliphatic carbocycles. The fraction of sp³-hybridized carbons (Fsp3) is 0.333. The Morgan fingerprint density at radius 2 is 1.69 bits per heavy atom. The highest BCUT2D eigenvalue weighted by Crippen LogP contribution is 2.29. The molecule has 1 fully saturated rings. The smallest absolute Gasteiger partial charge is 0.324 e. The van der Waals surface area contributed by atoms with Gasteiger partial charge >= 0.3 is 6.03 Å². The topological polar surface area (TPSA) is 118 Å². The summed E-state index contributed by atoms with van der Waals surface area (Å²) in [6.07, 6.45) is 4.14. The third-order valence-electron chi connectivity index (χ3n) is 7.74. The molecular formula is C33H39N7O2. The van der Waals surface area contributed by atoms with E-state index in [2.05, 4.69) is 42.5 Å². The minimum atomic E-state index is -0.328. The van der Waals surface area contributed by atoms with Crippen LogP contribution in [-0.2, 0) is 11.8 Å². The number of piperidine rings is 1. The highest BCUT2D eigenvalue weighted by molar-refractivity contribution is 6.00. The van der Waals surface area contributed by atoms with E-state index in [-0.39, 0.29) is 23.2 Å². The standard InChI is InChI=1S/C33H39N7O2/c1-22-11-13-25(14-12-22)40-29(21-28(38-40)33(2,3)4)37-32(42)36-27-10-6-5-8-24(27)20-23-15-18-39(19-16-23)31(41)26-9-7-17-35-30(26)34/h5-14,17,21,23H,15-16,18-20H2,1-4H3,(H2,34,35)(H2,36,37,42). The van der Waals surface area contributed by atoms with Crippen molar-refractivity contribution in [3.05, 3.63) is 95.3 Å². The summed E-state index contributed by atoms with van der Waals surface area (Å²) in [5.74, 6) is 1.19. The number of rotatable bonds is 6. The molecule has 9 heteroatoms. The van der Waals surface area contributed by atoms with Gasteiger partial charge in [0.1, 0.15) is 11.6 Å². The number of anilines is 3. The molecule has 0 radical (unpaired) electrons. The number of nitrogens with zero attached hydrogens (tertiary/aromatic N) is 4. The predicted octanol–water partition coefficient (Wildman–Crippen LogP) is 6.19. The summed E-state index contributed by atoms with van der Waals surface area (Å²) in [6.45, 7) is 9.66. The molecule has 0 saturated carbocycles. The molecule has 9 nitrogen and oxygen atoms in total. The van der Waals surface area contributed by atoms with Crippen LogP contribution in [0.4, 0.5) is 22.1 Å². The lowest BCUT2D eigenvalue weighted by Crippen LogP contribution is -2.39. The van der Waals surface area contributed by atoms with Crippen LogP contribution in [0.3, 0.4) is 0 Å². The molecule has 4 aromatic rings. The van der Waals surface area contributed by atoms with Crippen LogP contribution in [0.25, 0.3) is 5.69 Å². The van der Waals surface area contributed by atoms with Crippen molar-refractivity contribution in [1.82, 2.24) is 19.7 Å². The molecule has 2 aromatic carbocycles. The minimum Gasteiger partial charge on any atom is -0.383 e. The third kappa shape index (κ3) is 6.62. The summed E-state index contributed by atoms with van der Waals surface area (Å²) in [6, 6.07) is 21.0. The van der Waals surface area contributed by atoms with E-state index in [1.54, 1.807) is 23.0 Å². The summed E-state index contributed by atoms with van der Waals surface area (Å²) in [4.78, 5) is 32.1. The zero-order valence-electron chi connectivity index (χ0n) is 24.7. The molecule has 3 amide bonds. The molecule has 3 heterocycles. The Kier molecular flexibility index (Phi) is 8.29. The zero-order valence-corrected chi connectivity index (χ0v) is 24.7. The van der Waals surface area contributed by atoms with Crippen molar-refractivity contribution in [3.8, 4) is 5.69 Å². The molecular weight excluding hydrogens is 526 g/mol. The molecule has 218 valence electrons. The summed E-state index contributed by atoms with van der Waals surface area (Å²) < 4.78 is 1.78. The molecule has 2 aromatic heterocycles. The average molecular weight is 566 g/mol. The molecule has 42 heavy (non-hydrogen) atoms. The molecule has 0 atom stereocenters. The maximum Gasteiger partial charge on any atom is 0.324 e. The van der Waals surface area contributed by atoms with Gasteiger partial charge in [0.25, 0.3) is 5.91 Å². The molecule has 0 bridgehead atoms. The van der Waals surface area contributed by atoms with E-state index in [1.807, 2.05) is 60.4 Å². The first-order valence-electron chi connectivity index (χ1n) is 14.4. The Bertz CT molecular complexity index is 1560. The number of aromatic nitrogens is 3. The molecule has 0 spiro atoms. The van der Waals surface area contributed by atoms with Gasteiger partial charge in [-0.05, 0) is 68.0 Å². The van der Waals surface area contributed by atoms with E-state index in [1.165, 1.54) is 0 Å². The van der Waals surface area contributed by atoms with Crippen molar-refractivity contribution in [2.45, 2.75) is 52.4 Å². The van der Waals surface area contributed by atoms with Crippen LogP contribution < -0.4 is 16.4 Å². The normalized spacial score (nSPS) is 14.0. The first-order chi connectivity index (χ1) is 20.1. The van der Waals surface area contributed by atoms with Crippen LogP contribution in [0.5, 0.6) is 0 Å². The van der Waals surface area contributed by atoms with Crippen molar-refractivity contribution < 1.29 is 9.59 Å². The largest absolute Gasteiger partial charge is 0.383 e. The molecule has 1 aliphatic heterocycles. The van der Waals surface area contributed by atoms with Crippen molar-refractivity contribution in [2.24, 2.45) is 5.92 Å². The number of aryl methyl sites for hydroxylation is 1. The third-order valence-corrected chi connectivity index (χ3v) is 7.74. The van der Waals surface area contributed by atoms with Gasteiger partial charge in [0.05, 0.1) is 16.9 Å². The fourth-order valence-electron chi connectivity index (χ4n) is 5.23. The maximum absolute atomic E-state index is 13.3. The van der Waals surface area contributed by atoms with Gasteiger partial charge in [-0.15, -0.1) is 0 Å². The average Bonchev–Trinajstić information content (AvgIpc) is 3.39. The Morgan fingerprint density at radius 3 is 2.38 bits per heavy atom. The summed E-state index contributed by atoms with van der Waals surface area (Å²) in [5.41, 5.74) is 11.0. The zero-order chi connectivity index (χ0) is 29.9. The number of likely N-dealkylation sites (tertiary alicyclic amines) is 1. The molecule has 1 aliphatic rings. The number of nitrogen functional groups attached to an aromatic ring is 1. The van der Waals surface area contributed by atoms with Gasteiger partial charge in [-0.1, -0.05) is 56.7 Å². The quantitative estimate of drug-likeness (QED) is 0.257. The van der Waals surface area contributed by atoms with Gasteiger partial charge in [0.2, 0.25) is 0 Å². The van der Waals surface area contributed by atoms with E-state index in [0.29, 0.717) is 30.4 Å². The highest BCUT2D eigenvalue weighted by atomic mass is 16.2. The van der Waals surface area contributed by atoms with Crippen LogP contribution >= 0.6 is 0 Å². The lowest BCUT2D eigenvalue weighted by atomic mass is 9.89. The second-order valence-corrected chi connectivity index (χ2v) is 12.0. The second-order valence-electron chi connectivity index (χ2n) is 12.0. The van der Waals surface area contributed by atoms with Crippen LogP contribution in [0.1, 0.15) is 60.8 Å². The number of hydrogen-bond donors (Lipinski definition) is 3.